The van der Waals surface area contributed by atoms with Gasteiger partial charge in [-0.15, -0.1) is 0 Å². The van der Waals surface area contributed by atoms with Gasteiger partial charge in [-0.25, -0.2) is 9.97 Å². The average Bonchev–Trinajstić information content (AvgIpc) is 2.92. The van der Waals surface area contributed by atoms with Crippen molar-refractivity contribution in [1.29, 1.82) is 5.26 Å². The molecule has 1 saturated carbocycles. The molecule has 0 atom stereocenters. The Kier molecular flexibility index (Phi) is 8.15. The summed E-state index contributed by atoms with van der Waals surface area (Å²) >= 11 is 6.55. The zero-order valence-corrected chi connectivity index (χ0v) is 22.3. The molecule has 2 aromatic heterocycles. The summed E-state index contributed by atoms with van der Waals surface area (Å²) in [4.78, 5) is 9.34. The number of anilines is 2. The Balaban J connectivity index is 1.18. The smallest absolute Gasteiger partial charge is 0.126 e. The van der Waals surface area contributed by atoms with Gasteiger partial charge in [-0.05, 0) is 56.7 Å². The first-order valence-electron chi connectivity index (χ1n) is 13.4. The van der Waals surface area contributed by atoms with Crippen LogP contribution in [0.25, 0.3) is 11.3 Å². The monoisotopic (exact) mass is 524 g/mol. The lowest BCUT2D eigenvalue weighted by Crippen LogP contribution is -2.50. The van der Waals surface area contributed by atoms with Crippen molar-refractivity contribution in [2.45, 2.75) is 57.5 Å². The first kappa shape index (κ1) is 26.2. The minimum atomic E-state index is -0.417. The van der Waals surface area contributed by atoms with E-state index in [4.69, 9.17) is 26.1 Å². The second-order valence-corrected chi connectivity index (χ2v) is 11.6. The van der Waals surface area contributed by atoms with Gasteiger partial charge in [0.15, 0.2) is 0 Å². The summed E-state index contributed by atoms with van der Waals surface area (Å²) in [7, 11) is 0. The number of nitrogens with one attached hydrogen (secondary N) is 3. The van der Waals surface area contributed by atoms with Crippen molar-refractivity contribution in [2.75, 3.05) is 50.2 Å². The third-order valence-corrected chi connectivity index (χ3v) is 8.27. The second-order valence-electron chi connectivity index (χ2n) is 11.2. The highest BCUT2D eigenvalue weighted by Gasteiger charge is 2.34. The van der Waals surface area contributed by atoms with Crippen molar-refractivity contribution in [3.8, 4) is 17.3 Å². The van der Waals surface area contributed by atoms with Crippen molar-refractivity contribution in [3.63, 3.8) is 0 Å². The largest absolute Gasteiger partial charge is 0.381 e. The van der Waals surface area contributed by atoms with E-state index in [9.17, 15) is 5.26 Å². The predicted molar refractivity (Wildman–Crippen MR) is 146 cm³/mol. The number of hydrogen-bond acceptors (Lipinski definition) is 8. The quantitative estimate of drug-likeness (QED) is 0.426. The van der Waals surface area contributed by atoms with Crippen LogP contribution in [0, 0.1) is 22.2 Å². The number of nitriles is 1. The topological polar surface area (TPSA) is 104 Å². The Morgan fingerprint density at radius 3 is 2.51 bits per heavy atom. The summed E-state index contributed by atoms with van der Waals surface area (Å²) < 4.78 is 10.8. The Labute approximate surface area is 224 Å². The zero-order chi connectivity index (χ0) is 25.7. The predicted octanol–water partition coefficient (Wildman–Crippen LogP) is 4.88. The fraction of sp³-hybridized carbons (Fsp3) is 0.607. The molecular formula is C28H37ClN6O2. The third kappa shape index (κ3) is 6.53. The van der Waals surface area contributed by atoms with E-state index in [-0.39, 0.29) is 0 Å². The summed E-state index contributed by atoms with van der Waals surface area (Å²) in [5, 5.41) is 21.0. The lowest BCUT2D eigenvalue weighted by molar-refractivity contribution is -0.100. The van der Waals surface area contributed by atoms with Crippen LogP contribution in [0.1, 0.15) is 45.4 Å². The molecule has 198 valence electrons. The van der Waals surface area contributed by atoms with Crippen LogP contribution in [0.15, 0.2) is 30.5 Å². The van der Waals surface area contributed by atoms with E-state index in [0.717, 1.165) is 81.2 Å². The van der Waals surface area contributed by atoms with Crippen LogP contribution in [0.3, 0.4) is 0 Å². The van der Waals surface area contributed by atoms with Gasteiger partial charge in [0.1, 0.15) is 11.6 Å². The van der Waals surface area contributed by atoms with E-state index in [0.29, 0.717) is 42.3 Å². The molecule has 5 rings (SSSR count). The van der Waals surface area contributed by atoms with Crippen LogP contribution in [0.4, 0.5) is 11.6 Å². The van der Waals surface area contributed by atoms with Crippen LogP contribution in [0.5, 0.6) is 0 Å². The minimum absolute atomic E-state index is 0.307. The summed E-state index contributed by atoms with van der Waals surface area (Å²) in [6, 6.07) is 11.3. The van der Waals surface area contributed by atoms with Gasteiger partial charge in [0.25, 0.3) is 0 Å². The fourth-order valence-corrected chi connectivity index (χ4v) is 5.54. The Morgan fingerprint density at radius 1 is 1.05 bits per heavy atom. The van der Waals surface area contributed by atoms with E-state index in [1.165, 1.54) is 0 Å². The molecule has 9 heteroatoms. The first-order chi connectivity index (χ1) is 18.0. The van der Waals surface area contributed by atoms with E-state index >= 15 is 0 Å². The molecule has 2 aliphatic heterocycles. The Hall–Kier alpha value is -2.44. The molecule has 8 nitrogen and oxygen atoms in total. The number of hydrogen-bond donors (Lipinski definition) is 3. The Bertz CT molecular complexity index is 1100. The molecule has 2 saturated heterocycles. The molecule has 0 aromatic carbocycles. The highest BCUT2D eigenvalue weighted by molar-refractivity contribution is 6.33. The number of rotatable bonds is 9. The van der Waals surface area contributed by atoms with Crippen molar-refractivity contribution in [3.05, 3.63) is 35.5 Å². The summed E-state index contributed by atoms with van der Waals surface area (Å²) in [5.74, 6) is 1.55. The van der Waals surface area contributed by atoms with Gasteiger partial charge in [0.05, 0.1) is 35.4 Å². The molecule has 3 fully saturated rings. The van der Waals surface area contributed by atoms with E-state index < -0.39 is 5.41 Å². The molecule has 3 N–H and O–H groups in total. The lowest BCUT2D eigenvalue weighted by Gasteiger charge is -2.40. The summed E-state index contributed by atoms with van der Waals surface area (Å²) in [5.41, 5.74) is 1.51. The molecule has 0 bridgehead atoms. The lowest BCUT2D eigenvalue weighted by atomic mass is 9.82. The normalized spacial score (nSPS) is 24.5. The number of halogens is 1. The molecule has 2 aromatic rings. The molecule has 1 aliphatic carbocycles. The van der Waals surface area contributed by atoms with Crippen LogP contribution >= 0.6 is 11.6 Å². The van der Waals surface area contributed by atoms with Gasteiger partial charge >= 0.3 is 0 Å². The van der Waals surface area contributed by atoms with Crippen molar-refractivity contribution in [2.24, 2.45) is 10.8 Å². The van der Waals surface area contributed by atoms with Gasteiger partial charge in [0.2, 0.25) is 0 Å². The number of nitrogens with zero attached hydrogens (tertiary/aromatic N) is 3. The number of ether oxygens (including phenoxy) is 2. The standard InChI is InChI=1S/C28H37ClN6O2/c1-27(18-37-19-27)16-32-20-5-7-21(8-6-20)34-26-13-22(23(29)14-31-26)24-3-2-4-25(35-24)33-17-28(15-30)9-11-36-12-10-28/h2-4,13-14,20-21,32H,5-12,16-19H2,1H3,(H,31,34)(H,33,35)/t20-,21-. The maximum Gasteiger partial charge on any atom is 0.126 e. The maximum atomic E-state index is 9.73. The van der Waals surface area contributed by atoms with Crippen LogP contribution in [-0.2, 0) is 9.47 Å². The molecule has 0 amide bonds. The SMILES string of the molecule is CC1(CN[C@H]2CC[C@H](Nc3cc(-c4cccc(NCC5(C#N)CCOCC5)n4)c(Cl)cn3)CC2)COC1. The maximum absolute atomic E-state index is 9.73. The van der Waals surface area contributed by atoms with Gasteiger partial charge in [-0.1, -0.05) is 24.6 Å². The van der Waals surface area contributed by atoms with E-state index in [1.54, 1.807) is 6.20 Å². The molecule has 0 radical (unpaired) electrons. The molecule has 0 spiro atoms. The number of aromatic nitrogens is 2. The van der Waals surface area contributed by atoms with Crippen LogP contribution in [-0.4, -0.2) is 61.6 Å². The minimum Gasteiger partial charge on any atom is -0.381 e. The molecule has 4 heterocycles. The third-order valence-electron chi connectivity index (χ3n) is 7.97. The number of pyridine rings is 2. The van der Waals surface area contributed by atoms with Crippen molar-refractivity contribution >= 4 is 23.2 Å². The first-order valence-corrected chi connectivity index (χ1v) is 13.8. The molecular weight excluding hydrogens is 488 g/mol. The van der Waals surface area contributed by atoms with Gasteiger partial charge in [-0.2, -0.15) is 5.26 Å². The van der Waals surface area contributed by atoms with Gasteiger partial charge < -0.3 is 25.4 Å². The van der Waals surface area contributed by atoms with E-state index in [2.05, 4.69) is 33.9 Å². The molecule has 0 unspecified atom stereocenters. The summed E-state index contributed by atoms with van der Waals surface area (Å²) in [6.07, 6.45) is 7.67. The van der Waals surface area contributed by atoms with Crippen molar-refractivity contribution in [1.82, 2.24) is 15.3 Å². The van der Waals surface area contributed by atoms with Gasteiger partial charge in [-0.3, -0.25) is 0 Å². The highest BCUT2D eigenvalue weighted by Crippen LogP contribution is 2.32. The van der Waals surface area contributed by atoms with Crippen molar-refractivity contribution < 1.29 is 9.47 Å². The fourth-order valence-electron chi connectivity index (χ4n) is 5.34. The summed E-state index contributed by atoms with van der Waals surface area (Å²) in [6.45, 7) is 6.85. The van der Waals surface area contributed by atoms with Gasteiger partial charge in [0, 0.05) is 55.6 Å². The Morgan fingerprint density at radius 2 is 1.81 bits per heavy atom. The van der Waals surface area contributed by atoms with Crippen LogP contribution in [0.2, 0.25) is 5.02 Å². The molecule has 3 aliphatic rings. The second kappa shape index (κ2) is 11.5. The zero-order valence-electron chi connectivity index (χ0n) is 21.6. The van der Waals surface area contributed by atoms with Crippen LogP contribution < -0.4 is 16.0 Å². The highest BCUT2D eigenvalue weighted by atomic mass is 35.5. The average molecular weight is 525 g/mol. The molecule has 37 heavy (non-hydrogen) atoms. The van der Waals surface area contributed by atoms with E-state index in [1.807, 2.05) is 24.3 Å².